The molecule has 1 aromatic rings. The van der Waals surface area contributed by atoms with E-state index >= 15 is 0 Å². The second kappa shape index (κ2) is 4.14. The summed E-state index contributed by atoms with van der Waals surface area (Å²) in [5.74, 6) is -0.805. The van der Waals surface area contributed by atoms with Gasteiger partial charge in [-0.2, -0.15) is 5.26 Å². The van der Waals surface area contributed by atoms with Crippen molar-refractivity contribution in [2.75, 3.05) is 12.3 Å². The molecule has 1 rings (SSSR count). The van der Waals surface area contributed by atoms with E-state index < -0.39 is 12.6 Å². The lowest BCUT2D eigenvalue weighted by molar-refractivity contribution is -0.139. The highest BCUT2D eigenvalue weighted by Crippen LogP contribution is 2.21. The minimum absolute atomic E-state index is 0.255. The molecule has 5 heteroatoms. The fourth-order valence-electron chi connectivity index (χ4n) is 0.889. The van der Waals surface area contributed by atoms with Crippen LogP contribution < -0.4 is 10.5 Å². The van der Waals surface area contributed by atoms with Crippen LogP contribution in [0, 0.1) is 11.3 Å². The molecule has 3 N–H and O–H groups in total. The predicted octanol–water partition coefficient (Wildman–Crippen LogP) is 0.604. The van der Waals surface area contributed by atoms with Crippen LogP contribution in [-0.4, -0.2) is 17.7 Å². The van der Waals surface area contributed by atoms with Crippen LogP contribution in [0.15, 0.2) is 18.2 Å². The number of carboxylic acids is 1. The van der Waals surface area contributed by atoms with E-state index in [0.717, 1.165) is 0 Å². The second-order valence-corrected chi connectivity index (χ2v) is 2.55. The van der Waals surface area contributed by atoms with Crippen molar-refractivity contribution < 1.29 is 14.6 Å². The van der Waals surface area contributed by atoms with Crippen molar-refractivity contribution in [2.24, 2.45) is 0 Å². The number of anilines is 1. The predicted molar refractivity (Wildman–Crippen MR) is 48.7 cm³/mol. The average molecular weight is 192 g/mol. The number of benzene rings is 1. The van der Waals surface area contributed by atoms with Gasteiger partial charge in [0.1, 0.15) is 5.75 Å². The van der Waals surface area contributed by atoms with Crippen LogP contribution in [-0.2, 0) is 4.79 Å². The van der Waals surface area contributed by atoms with Gasteiger partial charge in [0, 0.05) is 0 Å². The average Bonchev–Trinajstić information content (AvgIpc) is 2.15. The summed E-state index contributed by atoms with van der Waals surface area (Å²) in [5.41, 5.74) is 6.18. The molecule has 0 radical (unpaired) electrons. The van der Waals surface area contributed by atoms with Crippen molar-refractivity contribution >= 4 is 11.7 Å². The van der Waals surface area contributed by atoms with Gasteiger partial charge in [-0.3, -0.25) is 0 Å². The third-order valence-electron chi connectivity index (χ3n) is 1.49. The van der Waals surface area contributed by atoms with E-state index in [9.17, 15) is 4.79 Å². The topological polar surface area (TPSA) is 96.3 Å². The number of rotatable bonds is 3. The van der Waals surface area contributed by atoms with Gasteiger partial charge in [-0.15, -0.1) is 0 Å². The number of nitrogens with zero attached hydrogens (tertiary/aromatic N) is 1. The Hall–Kier alpha value is -2.22. The molecule has 5 nitrogen and oxygen atoms in total. The molecule has 0 unspecified atom stereocenters. The maximum absolute atomic E-state index is 10.2. The van der Waals surface area contributed by atoms with Crippen LogP contribution in [0.2, 0.25) is 0 Å². The van der Waals surface area contributed by atoms with E-state index in [1.165, 1.54) is 18.2 Å². The van der Waals surface area contributed by atoms with E-state index in [4.69, 9.17) is 20.8 Å². The van der Waals surface area contributed by atoms with Gasteiger partial charge in [0.25, 0.3) is 0 Å². The quantitative estimate of drug-likeness (QED) is 0.683. The molecule has 0 heterocycles. The highest BCUT2D eigenvalue weighted by atomic mass is 16.5. The summed E-state index contributed by atoms with van der Waals surface area (Å²) >= 11 is 0. The number of nitrogens with two attached hydrogens (primary N) is 1. The zero-order valence-electron chi connectivity index (χ0n) is 7.23. The first-order chi connectivity index (χ1) is 6.63. The Morgan fingerprint density at radius 3 is 2.86 bits per heavy atom. The third-order valence-corrected chi connectivity index (χ3v) is 1.49. The Labute approximate surface area is 80.3 Å². The summed E-state index contributed by atoms with van der Waals surface area (Å²) in [4.78, 5) is 10.2. The van der Waals surface area contributed by atoms with E-state index in [-0.39, 0.29) is 11.4 Å². The van der Waals surface area contributed by atoms with Crippen molar-refractivity contribution in [3.05, 3.63) is 23.8 Å². The minimum atomic E-state index is -1.08. The third kappa shape index (κ3) is 2.38. The molecule has 0 bridgehead atoms. The number of carbonyl (C=O) groups is 1. The van der Waals surface area contributed by atoms with Gasteiger partial charge < -0.3 is 15.6 Å². The zero-order chi connectivity index (χ0) is 10.6. The van der Waals surface area contributed by atoms with Crippen LogP contribution in [0.25, 0.3) is 0 Å². The van der Waals surface area contributed by atoms with Crippen molar-refractivity contribution in [3.63, 3.8) is 0 Å². The number of hydrogen-bond acceptors (Lipinski definition) is 4. The highest BCUT2D eigenvalue weighted by Gasteiger charge is 2.03. The molecule has 72 valence electrons. The Morgan fingerprint density at radius 2 is 2.36 bits per heavy atom. The summed E-state index contributed by atoms with van der Waals surface area (Å²) in [6.07, 6.45) is 0. The Balaban J connectivity index is 2.80. The minimum Gasteiger partial charge on any atom is -0.480 e. The Bertz CT molecular complexity index is 396. The van der Waals surface area contributed by atoms with E-state index in [1.54, 1.807) is 0 Å². The Kier molecular flexibility index (Phi) is 2.92. The van der Waals surface area contributed by atoms with Gasteiger partial charge in [-0.05, 0) is 18.2 Å². The van der Waals surface area contributed by atoms with Crippen LogP contribution >= 0.6 is 0 Å². The number of carboxylic acid groups (broad SMARTS) is 1. The fraction of sp³-hybridized carbons (Fsp3) is 0.111. The molecule has 0 amide bonds. The van der Waals surface area contributed by atoms with Gasteiger partial charge in [0.05, 0.1) is 17.3 Å². The molecule has 0 spiro atoms. The summed E-state index contributed by atoms with van der Waals surface area (Å²) in [5, 5.41) is 16.9. The smallest absolute Gasteiger partial charge is 0.341 e. The summed E-state index contributed by atoms with van der Waals surface area (Å²) in [7, 11) is 0. The van der Waals surface area contributed by atoms with Gasteiger partial charge in [0.2, 0.25) is 0 Å². The van der Waals surface area contributed by atoms with Gasteiger partial charge in [-0.25, -0.2) is 4.79 Å². The molecule has 0 saturated heterocycles. The van der Waals surface area contributed by atoms with Crippen LogP contribution in [0.1, 0.15) is 5.56 Å². The molecule has 0 aliphatic heterocycles. The monoisotopic (exact) mass is 192 g/mol. The fourth-order valence-corrected chi connectivity index (χ4v) is 0.889. The van der Waals surface area contributed by atoms with Gasteiger partial charge >= 0.3 is 5.97 Å². The van der Waals surface area contributed by atoms with Crippen LogP contribution in [0.3, 0.4) is 0 Å². The number of nitriles is 1. The molecule has 0 aromatic heterocycles. The van der Waals surface area contributed by atoms with Crippen molar-refractivity contribution in [1.82, 2.24) is 0 Å². The molecule has 0 atom stereocenters. The summed E-state index contributed by atoms with van der Waals surface area (Å²) < 4.78 is 4.86. The van der Waals surface area contributed by atoms with Crippen molar-refractivity contribution in [1.29, 1.82) is 5.26 Å². The molecular weight excluding hydrogens is 184 g/mol. The van der Waals surface area contributed by atoms with Crippen LogP contribution in [0.4, 0.5) is 5.69 Å². The molecular formula is C9H8N2O3. The highest BCUT2D eigenvalue weighted by molar-refractivity contribution is 5.69. The molecule has 0 fully saturated rings. The number of aliphatic carboxylic acids is 1. The maximum atomic E-state index is 10.2. The first kappa shape index (κ1) is 9.86. The molecule has 0 aliphatic rings. The van der Waals surface area contributed by atoms with Gasteiger partial charge in [0.15, 0.2) is 6.61 Å². The SMILES string of the molecule is N#Cc1ccc(OCC(=O)O)c(N)c1. The van der Waals surface area contributed by atoms with Crippen molar-refractivity contribution in [2.45, 2.75) is 0 Å². The number of hydrogen-bond donors (Lipinski definition) is 2. The lowest BCUT2D eigenvalue weighted by Crippen LogP contribution is -2.10. The van der Waals surface area contributed by atoms with E-state index in [1.807, 2.05) is 6.07 Å². The van der Waals surface area contributed by atoms with E-state index in [0.29, 0.717) is 5.56 Å². The first-order valence-corrected chi connectivity index (χ1v) is 3.77. The molecule has 0 saturated carbocycles. The summed E-state index contributed by atoms with van der Waals surface area (Å²) in [6, 6.07) is 6.31. The summed E-state index contributed by atoms with van der Waals surface area (Å²) in [6.45, 7) is -0.448. The molecule has 1 aromatic carbocycles. The lowest BCUT2D eigenvalue weighted by Gasteiger charge is -2.05. The largest absolute Gasteiger partial charge is 0.480 e. The van der Waals surface area contributed by atoms with E-state index in [2.05, 4.69) is 0 Å². The molecule has 14 heavy (non-hydrogen) atoms. The zero-order valence-corrected chi connectivity index (χ0v) is 7.23. The number of ether oxygens (including phenoxy) is 1. The maximum Gasteiger partial charge on any atom is 0.341 e. The van der Waals surface area contributed by atoms with Crippen molar-refractivity contribution in [3.8, 4) is 11.8 Å². The van der Waals surface area contributed by atoms with Gasteiger partial charge in [-0.1, -0.05) is 0 Å². The first-order valence-electron chi connectivity index (χ1n) is 3.77. The second-order valence-electron chi connectivity index (χ2n) is 2.55. The number of nitrogen functional groups attached to an aromatic ring is 1. The standard InChI is InChI=1S/C9H8N2O3/c10-4-6-1-2-8(7(11)3-6)14-5-9(12)13/h1-3H,5,11H2,(H,12,13). The normalized spacial score (nSPS) is 9.07. The molecule has 0 aliphatic carbocycles. The van der Waals surface area contributed by atoms with Crippen LogP contribution in [0.5, 0.6) is 5.75 Å². The Morgan fingerprint density at radius 1 is 1.64 bits per heavy atom. The lowest BCUT2D eigenvalue weighted by atomic mass is 10.2.